The van der Waals surface area contributed by atoms with Crippen molar-refractivity contribution >= 4 is 11.6 Å². The third kappa shape index (κ3) is 4.59. The lowest BCUT2D eigenvalue weighted by Crippen LogP contribution is -2.20. The van der Waals surface area contributed by atoms with Crippen molar-refractivity contribution in [2.24, 2.45) is 5.41 Å². The summed E-state index contributed by atoms with van der Waals surface area (Å²) in [5.74, 6) is 1.85. The predicted octanol–water partition coefficient (Wildman–Crippen LogP) is 3.06. The van der Waals surface area contributed by atoms with Gasteiger partial charge in [-0.2, -0.15) is 0 Å². The maximum atomic E-state index is 4.29. The Morgan fingerprint density at radius 3 is 2.24 bits per heavy atom. The van der Waals surface area contributed by atoms with E-state index in [1.807, 2.05) is 6.92 Å². The van der Waals surface area contributed by atoms with Gasteiger partial charge in [-0.05, 0) is 18.8 Å². The Bertz CT molecular complexity index is 355. The van der Waals surface area contributed by atoms with Gasteiger partial charge in [-0.15, -0.1) is 0 Å². The van der Waals surface area contributed by atoms with Crippen molar-refractivity contribution in [1.29, 1.82) is 0 Å². The Kier molecular flexibility index (Phi) is 4.73. The lowest BCUT2D eigenvalue weighted by Gasteiger charge is -2.20. The fourth-order valence-electron chi connectivity index (χ4n) is 1.40. The predicted molar refractivity (Wildman–Crippen MR) is 73.5 cm³/mol. The lowest BCUT2D eigenvalue weighted by molar-refractivity contribution is 0.442. The fourth-order valence-corrected chi connectivity index (χ4v) is 1.40. The summed E-state index contributed by atoms with van der Waals surface area (Å²) in [6.45, 7) is 12.6. The Hall–Kier alpha value is -1.32. The Balaban J connectivity index is 2.72. The molecule has 1 aromatic heterocycles. The molecule has 0 saturated carbocycles. The van der Waals surface area contributed by atoms with E-state index in [9.17, 15) is 0 Å². The van der Waals surface area contributed by atoms with Crippen molar-refractivity contribution in [2.45, 2.75) is 41.0 Å². The second-order valence-electron chi connectivity index (χ2n) is 5.54. The van der Waals surface area contributed by atoms with E-state index in [1.54, 1.807) is 6.33 Å². The second-order valence-corrected chi connectivity index (χ2v) is 5.54. The van der Waals surface area contributed by atoms with Crippen LogP contribution in [0.15, 0.2) is 6.33 Å². The average molecular weight is 236 g/mol. The zero-order valence-electron chi connectivity index (χ0n) is 11.6. The van der Waals surface area contributed by atoms with Gasteiger partial charge in [-0.3, -0.25) is 0 Å². The maximum Gasteiger partial charge on any atom is 0.134 e. The van der Waals surface area contributed by atoms with Crippen molar-refractivity contribution in [3.63, 3.8) is 0 Å². The van der Waals surface area contributed by atoms with Crippen LogP contribution in [0.2, 0.25) is 0 Å². The molecule has 0 spiro atoms. The van der Waals surface area contributed by atoms with Gasteiger partial charge in [0, 0.05) is 18.7 Å². The van der Waals surface area contributed by atoms with Crippen LogP contribution >= 0.6 is 0 Å². The summed E-state index contributed by atoms with van der Waals surface area (Å²) in [5.41, 5.74) is 1.33. The maximum absolute atomic E-state index is 4.29. The van der Waals surface area contributed by atoms with Crippen molar-refractivity contribution in [3.05, 3.63) is 11.9 Å². The van der Waals surface area contributed by atoms with E-state index in [0.29, 0.717) is 0 Å². The zero-order chi connectivity index (χ0) is 12.9. The van der Waals surface area contributed by atoms with E-state index >= 15 is 0 Å². The average Bonchev–Trinajstić information content (AvgIpc) is 2.25. The van der Waals surface area contributed by atoms with Gasteiger partial charge in [0.1, 0.15) is 18.0 Å². The Morgan fingerprint density at radius 1 is 1.12 bits per heavy atom. The van der Waals surface area contributed by atoms with Crippen LogP contribution in [0, 0.1) is 12.3 Å². The number of nitrogens with one attached hydrogen (secondary N) is 2. The summed E-state index contributed by atoms with van der Waals surface area (Å²) in [5, 5.41) is 6.69. The first kappa shape index (κ1) is 13.7. The molecule has 1 rings (SSSR count). The number of nitrogens with zero attached hydrogens (tertiary/aromatic N) is 2. The number of aromatic nitrogens is 2. The highest BCUT2D eigenvalue weighted by Gasteiger charge is 2.12. The molecular formula is C13H24N4. The molecule has 4 heteroatoms. The van der Waals surface area contributed by atoms with Crippen LogP contribution in [0.5, 0.6) is 0 Å². The minimum Gasteiger partial charge on any atom is -0.370 e. The molecule has 0 atom stereocenters. The van der Waals surface area contributed by atoms with Gasteiger partial charge in [0.15, 0.2) is 0 Å². The van der Waals surface area contributed by atoms with Gasteiger partial charge in [0.25, 0.3) is 0 Å². The normalized spacial score (nSPS) is 11.4. The summed E-state index contributed by atoms with van der Waals surface area (Å²) in [6.07, 6.45) is 2.70. The second kappa shape index (κ2) is 5.84. The SMILES string of the molecule is CCCNc1ncnc(NCC(C)(C)C)c1C. The zero-order valence-corrected chi connectivity index (χ0v) is 11.6. The fraction of sp³-hybridized carbons (Fsp3) is 0.692. The molecule has 1 aromatic rings. The third-order valence-corrected chi connectivity index (χ3v) is 2.41. The minimum absolute atomic E-state index is 0.244. The van der Waals surface area contributed by atoms with Gasteiger partial charge >= 0.3 is 0 Å². The number of rotatable bonds is 5. The van der Waals surface area contributed by atoms with Crippen LogP contribution in [0.25, 0.3) is 0 Å². The van der Waals surface area contributed by atoms with Gasteiger partial charge in [0.05, 0.1) is 0 Å². The summed E-state index contributed by atoms with van der Waals surface area (Å²) >= 11 is 0. The van der Waals surface area contributed by atoms with Gasteiger partial charge < -0.3 is 10.6 Å². The van der Waals surface area contributed by atoms with Crippen molar-refractivity contribution in [2.75, 3.05) is 23.7 Å². The quantitative estimate of drug-likeness (QED) is 0.825. The van der Waals surface area contributed by atoms with Gasteiger partial charge in [-0.25, -0.2) is 9.97 Å². The molecule has 0 aliphatic carbocycles. The summed E-state index contributed by atoms with van der Waals surface area (Å²) < 4.78 is 0. The van der Waals surface area contributed by atoms with E-state index in [-0.39, 0.29) is 5.41 Å². The lowest BCUT2D eigenvalue weighted by atomic mass is 9.97. The standard InChI is InChI=1S/C13H24N4/c1-6-7-14-11-10(2)12(17-9-16-11)15-8-13(3,4)5/h9H,6-8H2,1-5H3,(H2,14,15,16,17). The third-order valence-electron chi connectivity index (χ3n) is 2.41. The van der Waals surface area contributed by atoms with Crippen LogP contribution in [0.4, 0.5) is 11.6 Å². The van der Waals surface area contributed by atoms with E-state index in [2.05, 4.69) is 48.3 Å². The molecule has 2 N–H and O–H groups in total. The molecule has 1 heterocycles. The first-order valence-electron chi connectivity index (χ1n) is 6.23. The number of anilines is 2. The molecule has 0 unspecified atom stereocenters. The monoisotopic (exact) mass is 236 g/mol. The molecule has 0 radical (unpaired) electrons. The van der Waals surface area contributed by atoms with E-state index in [4.69, 9.17) is 0 Å². The van der Waals surface area contributed by atoms with Crippen molar-refractivity contribution in [3.8, 4) is 0 Å². The van der Waals surface area contributed by atoms with Crippen LogP contribution in [-0.4, -0.2) is 23.1 Å². The molecule has 4 nitrogen and oxygen atoms in total. The molecule has 17 heavy (non-hydrogen) atoms. The minimum atomic E-state index is 0.244. The van der Waals surface area contributed by atoms with E-state index < -0.39 is 0 Å². The first-order valence-corrected chi connectivity index (χ1v) is 6.23. The van der Waals surface area contributed by atoms with E-state index in [1.165, 1.54) is 0 Å². The van der Waals surface area contributed by atoms with Crippen LogP contribution in [0.1, 0.15) is 39.7 Å². The molecule has 0 saturated heterocycles. The smallest absolute Gasteiger partial charge is 0.134 e. The van der Waals surface area contributed by atoms with Crippen LogP contribution in [0.3, 0.4) is 0 Å². The summed E-state index contributed by atoms with van der Waals surface area (Å²) in [6, 6.07) is 0. The highest BCUT2D eigenvalue weighted by Crippen LogP contribution is 2.20. The van der Waals surface area contributed by atoms with Crippen LogP contribution in [-0.2, 0) is 0 Å². The van der Waals surface area contributed by atoms with Gasteiger partial charge in [-0.1, -0.05) is 27.7 Å². The van der Waals surface area contributed by atoms with Gasteiger partial charge in [0.2, 0.25) is 0 Å². The molecular weight excluding hydrogens is 212 g/mol. The number of hydrogen-bond acceptors (Lipinski definition) is 4. The molecule has 0 fully saturated rings. The van der Waals surface area contributed by atoms with Crippen molar-refractivity contribution < 1.29 is 0 Å². The Morgan fingerprint density at radius 2 is 1.71 bits per heavy atom. The molecule has 0 aliphatic rings. The van der Waals surface area contributed by atoms with Crippen molar-refractivity contribution in [1.82, 2.24) is 9.97 Å². The first-order chi connectivity index (χ1) is 7.94. The Labute approximate surface area is 104 Å². The molecule has 0 aromatic carbocycles. The van der Waals surface area contributed by atoms with Crippen LogP contribution < -0.4 is 10.6 Å². The molecule has 0 bridgehead atoms. The number of hydrogen-bond donors (Lipinski definition) is 2. The molecule has 0 aliphatic heterocycles. The summed E-state index contributed by atoms with van der Waals surface area (Å²) in [7, 11) is 0. The topological polar surface area (TPSA) is 49.8 Å². The molecule has 96 valence electrons. The largest absolute Gasteiger partial charge is 0.370 e. The summed E-state index contributed by atoms with van der Waals surface area (Å²) in [4.78, 5) is 8.55. The highest BCUT2D eigenvalue weighted by molar-refractivity contribution is 5.56. The van der Waals surface area contributed by atoms with E-state index in [0.717, 1.165) is 36.7 Å². The molecule has 0 amide bonds. The highest BCUT2D eigenvalue weighted by atomic mass is 15.1.